The molecule has 3 aromatic rings. The normalized spacial score (nSPS) is 21.4. The van der Waals surface area contributed by atoms with Crippen molar-refractivity contribution in [2.45, 2.75) is 57.8 Å². The fraction of sp³-hybridized carbons (Fsp3) is 0.323. The van der Waals surface area contributed by atoms with Crippen molar-refractivity contribution in [3.63, 3.8) is 0 Å². The predicted octanol–water partition coefficient (Wildman–Crippen LogP) is 8.42. The van der Waals surface area contributed by atoms with Gasteiger partial charge in [0.2, 0.25) is 0 Å². The first-order valence-corrected chi connectivity index (χ1v) is 13.3. The van der Waals surface area contributed by atoms with Gasteiger partial charge in [-0.25, -0.2) is 0 Å². The molecule has 1 aliphatic rings. The Labute approximate surface area is 228 Å². The van der Waals surface area contributed by atoms with Gasteiger partial charge in [-0.2, -0.15) is 0 Å². The molecule has 3 aromatic carbocycles. The molecule has 1 heterocycles. The zero-order valence-electron chi connectivity index (χ0n) is 21.1. The molecular weight excluding hydrogens is 507 g/mol. The van der Waals surface area contributed by atoms with Crippen molar-refractivity contribution >= 4 is 29.2 Å². The number of carboxylic acids is 1. The molecule has 1 aliphatic heterocycles. The van der Waals surface area contributed by atoms with E-state index in [4.69, 9.17) is 32.7 Å². The topological polar surface area (TPSA) is 55.8 Å². The summed E-state index contributed by atoms with van der Waals surface area (Å²) in [6, 6.07) is 21.4. The number of hydrogen-bond donors (Lipinski definition) is 1. The van der Waals surface area contributed by atoms with Gasteiger partial charge in [0.05, 0.1) is 12.2 Å². The van der Waals surface area contributed by atoms with Gasteiger partial charge in [-0.15, -0.1) is 0 Å². The number of aliphatic carboxylic acids is 1. The Morgan fingerprint density at radius 1 is 1.05 bits per heavy atom. The van der Waals surface area contributed by atoms with Crippen LogP contribution in [0.5, 0.6) is 5.75 Å². The van der Waals surface area contributed by atoms with E-state index >= 15 is 0 Å². The molecule has 0 radical (unpaired) electrons. The molecule has 6 heteroatoms. The quantitative estimate of drug-likeness (QED) is 0.278. The first-order valence-electron chi connectivity index (χ1n) is 12.5. The average Bonchev–Trinajstić information content (AvgIpc) is 2.86. The van der Waals surface area contributed by atoms with E-state index in [-0.39, 0.29) is 30.5 Å². The van der Waals surface area contributed by atoms with Crippen LogP contribution >= 0.6 is 23.2 Å². The number of ether oxygens (including phenoxy) is 2. The van der Waals surface area contributed by atoms with Crippen LogP contribution in [0, 0.1) is 5.92 Å². The lowest BCUT2D eigenvalue weighted by molar-refractivity contribution is -0.136. The molecule has 0 aromatic heterocycles. The van der Waals surface area contributed by atoms with Crippen LogP contribution in [0.4, 0.5) is 0 Å². The van der Waals surface area contributed by atoms with Gasteiger partial charge >= 0.3 is 5.97 Å². The number of carbonyl (C=O) groups is 1. The van der Waals surface area contributed by atoms with E-state index < -0.39 is 5.97 Å². The van der Waals surface area contributed by atoms with Crippen molar-refractivity contribution in [2.75, 3.05) is 0 Å². The Kier molecular flexibility index (Phi) is 8.96. The number of aryl methyl sites for hydroxylation is 1. The van der Waals surface area contributed by atoms with Crippen molar-refractivity contribution in [3.05, 3.63) is 111 Å². The van der Waals surface area contributed by atoms with E-state index in [0.717, 1.165) is 39.3 Å². The van der Waals surface area contributed by atoms with E-state index in [2.05, 4.69) is 19.6 Å². The van der Waals surface area contributed by atoms with Crippen molar-refractivity contribution < 1.29 is 19.4 Å². The third-order valence-electron chi connectivity index (χ3n) is 7.03. The number of benzene rings is 3. The molecule has 0 amide bonds. The summed E-state index contributed by atoms with van der Waals surface area (Å²) < 4.78 is 13.0. The predicted molar refractivity (Wildman–Crippen MR) is 149 cm³/mol. The van der Waals surface area contributed by atoms with Crippen LogP contribution in [0.3, 0.4) is 0 Å². The summed E-state index contributed by atoms with van der Waals surface area (Å²) in [6.45, 7) is 8.76. The average molecular weight is 539 g/mol. The second-order valence-corrected chi connectivity index (χ2v) is 10.6. The van der Waals surface area contributed by atoms with Gasteiger partial charge in [-0.1, -0.05) is 71.8 Å². The number of halogens is 2. The molecule has 0 aliphatic carbocycles. The van der Waals surface area contributed by atoms with Gasteiger partial charge < -0.3 is 14.6 Å². The molecule has 4 rings (SSSR count). The summed E-state index contributed by atoms with van der Waals surface area (Å²) in [7, 11) is 0. The van der Waals surface area contributed by atoms with Crippen LogP contribution < -0.4 is 4.74 Å². The molecular formula is C31H32Cl2O4. The highest BCUT2D eigenvalue weighted by molar-refractivity contribution is 6.31. The number of rotatable bonds is 9. The molecule has 194 valence electrons. The maximum atomic E-state index is 11.2. The molecule has 1 fully saturated rings. The molecule has 1 N–H and O–H groups in total. The summed E-state index contributed by atoms with van der Waals surface area (Å²) in [5.74, 6) is 0.0323. The monoisotopic (exact) mass is 538 g/mol. The molecule has 0 spiro atoms. The lowest BCUT2D eigenvalue weighted by atomic mass is 9.75. The van der Waals surface area contributed by atoms with E-state index in [0.29, 0.717) is 23.8 Å². The molecule has 0 saturated carbocycles. The highest BCUT2D eigenvalue weighted by Gasteiger charge is 2.39. The van der Waals surface area contributed by atoms with Crippen LogP contribution in [0.2, 0.25) is 10.0 Å². The van der Waals surface area contributed by atoms with Crippen molar-refractivity contribution in [3.8, 4) is 5.75 Å². The summed E-state index contributed by atoms with van der Waals surface area (Å²) in [4.78, 5) is 11.2. The van der Waals surface area contributed by atoms with Gasteiger partial charge in [0.15, 0.2) is 0 Å². The Bertz CT molecular complexity index is 1270. The Balaban J connectivity index is 1.68. The smallest absolute Gasteiger partial charge is 0.303 e. The first-order chi connectivity index (χ1) is 17.7. The van der Waals surface area contributed by atoms with E-state index in [9.17, 15) is 9.90 Å². The van der Waals surface area contributed by atoms with Crippen molar-refractivity contribution in [1.82, 2.24) is 0 Å². The largest absolute Gasteiger partial charge is 0.489 e. The SMILES string of the molecule is C=C(C)[C@H]1C[C@H](c2ccccc2Cl)[C@@H](C)O[C@@H]1c1cc(CCC(=O)O)ccc1OCc1cccc(Cl)c1. The van der Waals surface area contributed by atoms with Crippen molar-refractivity contribution in [1.29, 1.82) is 0 Å². The highest BCUT2D eigenvalue weighted by atomic mass is 35.5. The standard InChI is InChI=1S/C31H32Cl2O4/c1-19(2)25-17-26(24-9-4-5-10-28(24)33)20(3)37-31(25)27-16-21(12-14-30(34)35)11-13-29(27)36-18-22-7-6-8-23(32)15-22/h4-11,13,15-16,20,25-26,31H,1,12,14,17-18H2,2-3H3,(H,34,35)/t20-,25-,26+,31+/m1/s1. The maximum Gasteiger partial charge on any atom is 0.303 e. The minimum atomic E-state index is -0.826. The third kappa shape index (κ3) is 6.75. The summed E-state index contributed by atoms with van der Waals surface area (Å²) in [6.07, 6.45) is 0.939. The van der Waals surface area contributed by atoms with Crippen LogP contribution in [0.1, 0.15) is 61.0 Å². The van der Waals surface area contributed by atoms with Crippen LogP contribution in [-0.2, 0) is 22.6 Å². The maximum absolute atomic E-state index is 11.2. The first kappa shape index (κ1) is 27.3. The Hall–Kier alpha value is -2.79. The van der Waals surface area contributed by atoms with Gasteiger partial charge in [0.25, 0.3) is 0 Å². The Morgan fingerprint density at radius 3 is 2.54 bits per heavy atom. The molecule has 1 saturated heterocycles. The molecule has 0 bridgehead atoms. The fourth-order valence-corrected chi connectivity index (χ4v) is 5.55. The molecule has 0 unspecified atom stereocenters. The zero-order chi connectivity index (χ0) is 26.5. The summed E-state index contributed by atoms with van der Waals surface area (Å²) in [5, 5.41) is 10.6. The van der Waals surface area contributed by atoms with Crippen LogP contribution in [0.25, 0.3) is 0 Å². The highest BCUT2D eigenvalue weighted by Crippen LogP contribution is 2.49. The molecule has 4 atom stereocenters. The lowest BCUT2D eigenvalue weighted by Crippen LogP contribution is -2.34. The third-order valence-corrected chi connectivity index (χ3v) is 7.61. The van der Waals surface area contributed by atoms with Crippen LogP contribution in [-0.4, -0.2) is 17.2 Å². The van der Waals surface area contributed by atoms with E-state index in [1.165, 1.54) is 0 Å². The van der Waals surface area contributed by atoms with Gasteiger partial charge in [0.1, 0.15) is 12.4 Å². The summed E-state index contributed by atoms with van der Waals surface area (Å²) in [5.41, 5.74) is 4.89. The van der Waals surface area contributed by atoms with E-state index in [1.807, 2.05) is 67.6 Å². The van der Waals surface area contributed by atoms with Gasteiger partial charge in [-0.05, 0) is 73.7 Å². The molecule has 37 heavy (non-hydrogen) atoms. The second kappa shape index (κ2) is 12.2. The zero-order valence-corrected chi connectivity index (χ0v) is 22.6. The lowest BCUT2D eigenvalue weighted by Gasteiger charge is -2.42. The van der Waals surface area contributed by atoms with E-state index in [1.54, 1.807) is 0 Å². The molecule has 4 nitrogen and oxygen atoms in total. The summed E-state index contributed by atoms with van der Waals surface area (Å²) >= 11 is 12.7. The Morgan fingerprint density at radius 2 is 1.84 bits per heavy atom. The fourth-order valence-electron chi connectivity index (χ4n) is 5.06. The number of carboxylic acid groups (broad SMARTS) is 1. The van der Waals surface area contributed by atoms with Crippen LogP contribution in [0.15, 0.2) is 78.9 Å². The second-order valence-electron chi connectivity index (χ2n) is 9.76. The van der Waals surface area contributed by atoms with Gasteiger partial charge in [0, 0.05) is 33.9 Å². The minimum Gasteiger partial charge on any atom is -0.489 e. The number of hydrogen-bond acceptors (Lipinski definition) is 3. The van der Waals surface area contributed by atoms with Gasteiger partial charge in [-0.3, -0.25) is 4.79 Å². The van der Waals surface area contributed by atoms with Crippen molar-refractivity contribution in [2.24, 2.45) is 5.92 Å². The minimum absolute atomic E-state index is 0.0284.